The number of methoxy groups -OCH3 is 2. The largest absolute Gasteiger partial charge is 0.495 e. The second-order valence-corrected chi connectivity index (χ2v) is 9.98. The number of nitrogens with zero attached hydrogens (tertiary/aromatic N) is 4. The van der Waals surface area contributed by atoms with E-state index in [0.29, 0.717) is 65.2 Å². The monoisotopic (exact) mass is 570 g/mol. The van der Waals surface area contributed by atoms with Crippen molar-refractivity contribution in [3.05, 3.63) is 58.4 Å². The molecule has 1 aromatic carbocycles. The van der Waals surface area contributed by atoms with E-state index in [4.69, 9.17) is 47.4 Å². The number of anilines is 3. The lowest BCUT2D eigenvalue weighted by Gasteiger charge is -2.34. The van der Waals surface area contributed by atoms with Gasteiger partial charge in [0.25, 0.3) is 0 Å². The van der Waals surface area contributed by atoms with Crippen molar-refractivity contribution in [2.45, 2.75) is 32.0 Å². The highest BCUT2D eigenvalue weighted by Crippen LogP contribution is 2.51. The van der Waals surface area contributed by atoms with Gasteiger partial charge >= 0.3 is 0 Å². The van der Waals surface area contributed by atoms with Gasteiger partial charge in [-0.15, -0.1) is 0 Å². The maximum atomic E-state index is 11.9. The van der Waals surface area contributed by atoms with Crippen LogP contribution in [0.4, 0.5) is 17.5 Å². The minimum absolute atomic E-state index is 0.150. The van der Waals surface area contributed by atoms with Crippen molar-refractivity contribution in [3.63, 3.8) is 0 Å². The Bertz CT molecular complexity index is 1410. The van der Waals surface area contributed by atoms with Crippen LogP contribution >= 0.6 is 23.2 Å². The molecule has 5 rings (SSSR count). The average Bonchev–Trinajstić information content (AvgIpc) is 2.94. The molecule has 0 aliphatic carbocycles. The Kier molecular flexibility index (Phi) is 7.79. The van der Waals surface area contributed by atoms with Crippen LogP contribution in [-0.4, -0.2) is 60.4 Å². The molecule has 2 unspecified atom stereocenters. The molecule has 0 saturated carbocycles. The predicted molar refractivity (Wildman–Crippen MR) is 150 cm³/mol. The van der Waals surface area contributed by atoms with Gasteiger partial charge in [-0.3, -0.25) is 4.79 Å². The molecule has 12 heteroatoms. The maximum Gasteiger partial charge on any atom is 0.243 e. The lowest BCUT2D eigenvalue weighted by Crippen LogP contribution is -2.52. The van der Waals surface area contributed by atoms with Gasteiger partial charge in [-0.1, -0.05) is 29.8 Å². The Balaban J connectivity index is 1.54. The summed E-state index contributed by atoms with van der Waals surface area (Å²) in [5.41, 5.74) is 3.86. The molecule has 2 aliphatic heterocycles. The molecule has 1 saturated heterocycles. The Hall–Kier alpha value is -3.60. The Labute approximate surface area is 236 Å². The molecule has 2 aromatic heterocycles. The van der Waals surface area contributed by atoms with Crippen molar-refractivity contribution in [2.75, 3.05) is 37.7 Å². The average molecular weight is 571 g/mol. The number of hydrogen-bond donors (Lipinski definition) is 2. The smallest absolute Gasteiger partial charge is 0.243 e. The lowest BCUT2D eigenvalue weighted by atomic mass is 10.0. The Morgan fingerprint density at radius 3 is 2.59 bits per heavy atom. The van der Waals surface area contributed by atoms with Crippen molar-refractivity contribution in [1.29, 1.82) is 0 Å². The molecule has 4 heterocycles. The number of hydrogen-bond acceptors (Lipinski definition) is 9. The molecule has 0 bridgehead atoms. The number of carbonyl (C=O) groups is 1. The van der Waals surface area contributed by atoms with E-state index in [1.165, 1.54) is 20.3 Å². The van der Waals surface area contributed by atoms with Gasteiger partial charge in [0, 0.05) is 36.2 Å². The Morgan fingerprint density at radius 2 is 1.90 bits per heavy atom. The number of aromatic nitrogens is 3. The molecule has 2 aliphatic rings. The summed E-state index contributed by atoms with van der Waals surface area (Å²) in [6, 6.07) is 3.30. The molecule has 10 nitrogen and oxygen atoms in total. The highest BCUT2D eigenvalue weighted by molar-refractivity contribution is 6.41. The summed E-state index contributed by atoms with van der Waals surface area (Å²) in [7, 11) is 3.07. The third kappa shape index (κ3) is 5.19. The highest BCUT2D eigenvalue weighted by Gasteiger charge is 2.32. The minimum atomic E-state index is -0.234. The molecule has 0 radical (unpaired) electrons. The van der Waals surface area contributed by atoms with Gasteiger partial charge < -0.3 is 29.7 Å². The third-order valence-electron chi connectivity index (χ3n) is 6.71. The fraction of sp³-hybridized carbons (Fsp3) is 0.333. The second kappa shape index (κ2) is 11.3. The lowest BCUT2D eigenvalue weighted by molar-refractivity contribution is -0.117. The minimum Gasteiger partial charge on any atom is -0.495 e. The van der Waals surface area contributed by atoms with Crippen LogP contribution in [0.1, 0.15) is 17.5 Å². The number of aryl methyl sites for hydroxylation is 1. The van der Waals surface area contributed by atoms with Crippen LogP contribution in [0.15, 0.2) is 37.2 Å². The first-order valence-corrected chi connectivity index (χ1v) is 13.1. The number of carbonyl (C=O) groups excluding carboxylic acids is 1. The van der Waals surface area contributed by atoms with E-state index in [2.05, 4.69) is 22.2 Å². The summed E-state index contributed by atoms with van der Waals surface area (Å²) in [6.45, 7) is 6.83. The predicted octanol–water partition coefficient (Wildman–Crippen LogP) is 4.69. The summed E-state index contributed by atoms with van der Waals surface area (Å²) in [4.78, 5) is 28.0. The van der Waals surface area contributed by atoms with E-state index in [0.717, 1.165) is 22.4 Å². The van der Waals surface area contributed by atoms with Gasteiger partial charge in [0.2, 0.25) is 11.9 Å². The first-order valence-electron chi connectivity index (χ1n) is 12.3. The van der Waals surface area contributed by atoms with E-state index in [1.807, 2.05) is 17.9 Å². The summed E-state index contributed by atoms with van der Waals surface area (Å²) < 4.78 is 16.6. The van der Waals surface area contributed by atoms with Gasteiger partial charge in [-0.25, -0.2) is 15.0 Å². The molecule has 1 amide bonds. The molecular weight excluding hydrogens is 543 g/mol. The number of nitrogens with one attached hydrogen (secondary N) is 2. The fourth-order valence-corrected chi connectivity index (χ4v) is 5.48. The van der Waals surface area contributed by atoms with Crippen molar-refractivity contribution >= 4 is 46.6 Å². The zero-order chi connectivity index (χ0) is 27.7. The van der Waals surface area contributed by atoms with Gasteiger partial charge in [0.15, 0.2) is 0 Å². The topological polar surface area (TPSA) is 111 Å². The zero-order valence-corrected chi connectivity index (χ0v) is 23.3. The molecule has 2 atom stereocenters. The summed E-state index contributed by atoms with van der Waals surface area (Å²) >= 11 is 13.5. The first-order chi connectivity index (χ1) is 18.8. The Morgan fingerprint density at radius 1 is 1.15 bits per heavy atom. The molecule has 3 aromatic rings. The molecule has 0 spiro atoms. The number of amides is 1. The number of pyridine rings is 1. The maximum absolute atomic E-state index is 11.9. The molecular formula is C27H28Cl2N6O4. The number of ether oxygens (including phenoxy) is 3. The molecule has 1 fully saturated rings. The van der Waals surface area contributed by atoms with Gasteiger partial charge in [0.1, 0.15) is 27.4 Å². The van der Waals surface area contributed by atoms with Gasteiger partial charge in [0.05, 0.1) is 50.8 Å². The van der Waals surface area contributed by atoms with Crippen LogP contribution in [0.25, 0.3) is 11.3 Å². The van der Waals surface area contributed by atoms with Crippen molar-refractivity contribution in [2.24, 2.45) is 0 Å². The zero-order valence-electron chi connectivity index (χ0n) is 21.8. The van der Waals surface area contributed by atoms with Crippen LogP contribution in [0.2, 0.25) is 10.0 Å². The summed E-state index contributed by atoms with van der Waals surface area (Å²) in [6.07, 6.45) is 5.47. The summed E-state index contributed by atoms with van der Waals surface area (Å²) in [5.74, 6) is 1.67. The standard InChI is InChI=1S/C27H28Cl2N6O4/c1-5-21(36)32-17-6-7-39-13-18(17)33-27-31-11-15-12-35(26-16(24(15)34-27)8-14(2)10-30-26)25-22(28)19(37-3)9-20(38-4)23(25)29/h5,8-11,17-18H,1,6-7,12-13H2,2-4H3,(H,32,36)(H,31,33,34). The quantitative estimate of drug-likeness (QED) is 0.390. The van der Waals surface area contributed by atoms with Crippen molar-refractivity contribution < 1.29 is 19.0 Å². The molecule has 2 N–H and O–H groups in total. The van der Waals surface area contributed by atoms with E-state index in [9.17, 15) is 4.79 Å². The normalized spacial score (nSPS) is 18.0. The van der Waals surface area contributed by atoms with E-state index in [1.54, 1.807) is 18.5 Å². The summed E-state index contributed by atoms with van der Waals surface area (Å²) in [5, 5.41) is 6.98. The SMILES string of the molecule is C=CC(=O)NC1CCOCC1Nc1ncc2c(n1)-c1cc(C)cnc1N(c1c(Cl)c(OC)cc(OC)c1Cl)C2. The van der Waals surface area contributed by atoms with Gasteiger partial charge in [-0.2, -0.15) is 0 Å². The van der Waals surface area contributed by atoms with Crippen molar-refractivity contribution in [1.82, 2.24) is 20.3 Å². The van der Waals surface area contributed by atoms with Crippen LogP contribution in [-0.2, 0) is 16.1 Å². The van der Waals surface area contributed by atoms with Crippen LogP contribution in [0, 0.1) is 6.92 Å². The van der Waals surface area contributed by atoms with Gasteiger partial charge in [-0.05, 0) is 31.1 Å². The fourth-order valence-electron chi connectivity index (χ4n) is 4.78. The second-order valence-electron chi connectivity index (χ2n) is 9.23. The van der Waals surface area contributed by atoms with E-state index < -0.39 is 0 Å². The number of fused-ring (bicyclic) bond motifs is 3. The van der Waals surface area contributed by atoms with E-state index >= 15 is 0 Å². The van der Waals surface area contributed by atoms with Crippen molar-refractivity contribution in [3.8, 4) is 22.8 Å². The van der Waals surface area contributed by atoms with Crippen LogP contribution in [0.5, 0.6) is 11.5 Å². The highest BCUT2D eigenvalue weighted by atomic mass is 35.5. The third-order valence-corrected chi connectivity index (χ3v) is 7.44. The molecule has 39 heavy (non-hydrogen) atoms. The molecule has 204 valence electrons. The number of rotatable bonds is 7. The number of benzene rings is 1. The number of halogens is 2. The van der Waals surface area contributed by atoms with Crippen LogP contribution in [0.3, 0.4) is 0 Å². The first kappa shape index (κ1) is 27.0. The van der Waals surface area contributed by atoms with E-state index in [-0.39, 0.29) is 18.0 Å². The van der Waals surface area contributed by atoms with Crippen LogP contribution < -0.4 is 25.0 Å².